The predicted octanol–water partition coefficient (Wildman–Crippen LogP) is 4.13. The lowest BCUT2D eigenvalue weighted by atomic mass is 10.2. The van der Waals surface area contributed by atoms with Gasteiger partial charge in [0.15, 0.2) is 24.7 Å². The van der Waals surface area contributed by atoms with Crippen molar-refractivity contribution in [3.05, 3.63) is 84.3 Å². The van der Waals surface area contributed by atoms with Crippen molar-refractivity contribution in [3.8, 4) is 28.7 Å². The predicted molar refractivity (Wildman–Crippen MR) is 129 cm³/mol. The fraction of sp³-hybridized carbons (Fsp3) is 0.154. The highest BCUT2D eigenvalue weighted by Gasteiger charge is 2.16. The molecule has 10 nitrogen and oxygen atoms in total. The summed E-state index contributed by atoms with van der Waals surface area (Å²) in [4.78, 5) is 24.7. The Balaban J connectivity index is 1.31. The van der Waals surface area contributed by atoms with Gasteiger partial charge in [-0.2, -0.15) is 0 Å². The molecule has 0 radical (unpaired) electrons. The van der Waals surface area contributed by atoms with E-state index in [1.165, 1.54) is 25.3 Å². The van der Waals surface area contributed by atoms with E-state index in [0.29, 0.717) is 23.1 Å². The second-order valence-corrected chi connectivity index (χ2v) is 7.37. The van der Waals surface area contributed by atoms with Gasteiger partial charge in [-0.3, -0.25) is 4.79 Å². The number of carbonyl (C=O) groups excluding carboxylic acids is 2. The standard InChI is InChI=1S/C26H23N3O7/c1-32-20-11-9-19(10-12-20)27-23(30)15-34-21-13-8-18(14-22(21)33-2)26(31)35-16-24-28-29-25(36-24)17-6-4-3-5-7-17/h3-14H,15-16H2,1-2H3,(H,27,30). The zero-order valence-electron chi connectivity index (χ0n) is 19.6. The topological polar surface area (TPSA) is 122 Å². The summed E-state index contributed by atoms with van der Waals surface area (Å²) >= 11 is 0. The molecule has 0 saturated heterocycles. The second-order valence-electron chi connectivity index (χ2n) is 7.37. The van der Waals surface area contributed by atoms with Crippen molar-refractivity contribution in [3.63, 3.8) is 0 Å². The van der Waals surface area contributed by atoms with Crippen LogP contribution >= 0.6 is 0 Å². The molecule has 1 amide bonds. The summed E-state index contributed by atoms with van der Waals surface area (Å²) in [6, 6.07) is 20.7. The number of hydrogen-bond donors (Lipinski definition) is 1. The molecule has 0 unspecified atom stereocenters. The number of nitrogens with one attached hydrogen (secondary N) is 1. The molecule has 10 heteroatoms. The van der Waals surface area contributed by atoms with Gasteiger partial charge >= 0.3 is 5.97 Å². The number of rotatable bonds is 10. The molecule has 0 aliphatic heterocycles. The van der Waals surface area contributed by atoms with E-state index in [0.717, 1.165) is 5.56 Å². The average molecular weight is 489 g/mol. The van der Waals surface area contributed by atoms with E-state index < -0.39 is 5.97 Å². The van der Waals surface area contributed by atoms with Crippen molar-refractivity contribution >= 4 is 17.6 Å². The molecule has 0 saturated carbocycles. The van der Waals surface area contributed by atoms with E-state index in [1.807, 2.05) is 30.3 Å². The minimum absolute atomic E-state index is 0.164. The van der Waals surface area contributed by atoms with Crippen molar-refractivity contribution in [1.29, 1.82) is 0 Å². The van der Waals surface area contributed by atoms with Crippen LogP contribution < -0.4 is 19.5 Å². The van der Waals surface area contributed by atoms with Crippen molar-refractivity contribution in [2.75, 3.05) is 26.1 Å². The molecule has 1 aromatic heterocycles. The van der Waals surface area contributed by atoms with Gasteiger partial charge in [-0.1, -0.05) is 18.2 Å². The third-order valence-corrected chi connectivity index (χ3v) is 4.95. The maximum Gasteiger partial charge on any atom is 0.338 e. The van der Waals surface area contributed by atoms with Gasteiger partial charge in [-0.25, -0.2) is 4.79 Å². The maximum absolute atomic E-state index is 12.5. The average Bonchev–Trinajstić information content (AvgIpc) is 3.40. The minimum atomic E-state index is -0.614. The van der Waals surface area contributed by atoms with E-state index in [2.05, 4.69) is 15.5 Å². The number of methoxy groups -OCH3 is 2. The third kappa shape index (κ3) is 6.17. The maximum atomic E-state index is 12.5. The van der Waals surface area contributed by atoms with Gasteiger partial charge in [-0.15, -0.1) is 10.2 Å². The fourth-order valence-electron chi connectivity index (χ4n) is 3.15. The molecule has 4 aromatic rings. The second kappa shape index (κ2) is 11.5. The van der Waals surface area contributed by atoms with E-state index >= 15 is 0 Å². The lowest BCUT2D eigenvalue weighted by Gasteiger charge is -2.12. The van der Waals surface area contributed by atoms with Crippen LogP contribution in [0.2, 0.25) is 0 Å². The van der Waals surface area contributed by atoms with Gasteiger partial charge in [0.1, 0.15) is 5.75 Å². The van der Waals surface area contributed by atoms with Gasteiger partial charge in [-0.05, 0) is 54.6 Å². The fourth-order valence-corrected chi connectivity index (χ4v) is 3.15. The number of ether oxygens (including phenoxy) is 4. The zero-order chi connectivity index (χ0) is 25.3. The smallest absolute Gasteiger partial charge is 0.338 e. The lowest BCUT2D eigenvalue weighted by molar-refractivity contribution is -0.118. The molecule has 36 heavy (non-hydrogen) atoms. The van der Waals surface area contributed by atoms with E-state index in [9.17, 15) is 9.59 Å². The molecule has 0 bridgehead atoms. The number of amides is 1. The Hall–Kier alpha value is -4.86. The van der Waals surface area contributed by atoms with Gasteiger partial charge in [0, 0.05) is 11.3 Å². The Labute approximate surface area is 206 Å². The molecule has 4 rings (SSSR count). The largest absolute Gasteiger partial charge is 0.497 e. The molecular weight excluding hydrogens is 466 g/mol. The first kappa shape index (κ1) is 24.3. The summed E-state index contributed by atoms with van der Waals surface area (Å²) in [6.07, 6.45) is 0. The molecule has 3 aromatic carbocycles. The number of anilines is 1. The Kier molecular flexibility index (Phi) is 7.76. The number of aromatic nitrogens is 2. The number of nitrogens with zero attached hydrogens (tertiary/aromatic N) is 2. The highest BCUT2D eigenvalue weighted by molar-refractivity contribution is 5.92. The molecular formula is C26H23N3O7. The first-order chi connectivity index (χ1) is 17.6. The van der Waals surface area contributed by atoms with Crippen molar-refractivity contribution in [2.45, 2.75) is 6.61 Å². The van der Waals surface area contributed by atoms with Crippen LogP contribution in [0.3, 0.4) is 0 Å². The van der Waals surface area contributed by atoms with Gasteiger partial charge < -0.3 is 28.7 Å². The van der Waals surface area contributed by atoms with Gasteiger partial charge in [0.05, 0.1) is 19.8 Å². The minimum Gasteiger partial charge on any atom is -0.497 e. The van der Waals surface area contributed by atoms with Crippen LogP contribution in [-0.2, 0) is 16.1 Å². The van der Waals surface area contributed by atoms with E-state index in [-0.39, 0.29) is 36.3 Å². The molecule has 1 N–H and O–H groups in total. The zero-order valence-corrected chi connectivity index (χ0v) is 19.6. The number of benzene rings is 3. The third-order valence-electron chi connectivity index (χ3n) is 4.95. The van der Waals surface area contributed by atoms with E-state index in [1.54, 1.807) is 31.4 Å². The summed E-state index contributed by atoms with van der Waals surface area (Å²) < 4.78 is 26.8. The highest BCUT2D eigenvalue weighted by Crippen LogP contribution is 2.28. The molecule has 0 fully saturated rings. The SMILES string of the molecule is COc1ccc(NC(=O)COc2ccc(C(=O)OCc3nnc(-c4ccccc4)o3)cc2OC)cc1. The quantitative estimate of drug-likeness (QED) is 0.328. The summed E-state index contributed by atoms with van der Waals surface area (Å²) in [5, 5.41) is 10.6. The number of hydrogen-bond acceptors (Lipinski definition) is 9. The van der Waals surface area contributed by atoms with Crippen molar-refractivity contribution in [1.82, 2.24) is 10.2 Å². The molecule has 0 aliphatic rings. The lowest BCUT2D eigenvalue weighted by Crippen LogP contribution is -2.20. The molecule has 0 spiro atoms. The van der Waals surface area contributed by atoms with Crippen LogP contribution in [0.4, 0.5) is 5.69 Å². The van der Waals surface area contributed by atoms with Crippen molar-refractivity contribution in [2.24, 2.45) is 0 Å². The first-order valence-corrected chi connectivity index (χ1v) is 10.9. The molecule has 184 valence electrons. The Bertz CT molecular complexity index is 1320. The first-order valence-electron chi connectivity index (χ1n) is 10.9. The Morgan fingerprint density at radius 3 is 2.39 bits per heavy atom. The highest BCUT2D eigenvalue weighted by atomic mass is 16.5. The normalized spacial score (nSPS) is 10.4. The van der Waals surface area contributed by atoms with Crippen LogP contribution in [0.1, 0.15) is 16.2 Å². The van der Waals surface area contributed by atoms with Gasteiger partial charge in [0.2, 0.25) is 5.89 Å². The Morgan fingerprint density at radius 2 is 1.67 bits per heavy atom. The van der Waals surface area contributed by atoms with Crippen LogP contribution in [0.25, 0.3) is 11.5 Å². The summed E-state index contributed by atoms with van der Waals surface area (Å²) in [5.41, 5.74) is 1.59. The van der Waals surface area contributed by atoms with Gasteiger partial charge in [0.25, 0.3) is 11.8 Å². The summed E-state index contributed by atoms with van der Waals surface area (Å²) in [7, 11) is 2.99. The number of esters is 1. The van der Waals surface area contributed by atoms with E-state index in [4.69, 9.17) is 23.4 Å². The summed E-state index contributed by atoms with van der Waals surface area (Å²) in [5.74, 6) is 0.769. The molecule has 0 atom stereocenters. The van der Waals surface area contributed by atoms with Crippen LogP contribution in [0, 0.1) is 0 Å². The monoisotopic (exact) mass is 489 g/mol. The molecule has 0 aliphatic carbocycles. The van der Waals surface area contributed by atoms with Crippen LogP contribution in [0.5, 0.6) is 17.2 Å². The summed E-state index contributed by atoms with van der Waals surface area (Å²) in [6.45, 7) is -0.447. The van der Waals surface area contributed by atoms with Crippen LogP contribution in [-0.4, -0.2) is 42.9 Å². The van der Waals surface area contributed by atoms with Crippen LogP contribution in [0.15, 0.2) is 77.2 Å². The Morgan fingerprint density at radius 1 is 0.889 bits per heavy atom. The van der Waals surface area contributed by atoms with Crippen molar-refractivity contribution < 1.29 is 33.0 Å². The number of carbonyl (C=O) groups is 2. The molecule has 1 heterocycles.